The van der Waals surface area contributed by atoms with Crippen LogP contribution in [-0.2, 0) is 24.1 Å². The van der Waals surface area contributed by atoms with E-state index in [0.717, 1.165) is 11.8 Å². The van der Waals surface area contributed by atoms with Gasteiger partial charge in [0.15, 0.2) is 0 Å². The summed E-state index contributed by atoms with van der Waals surface area (Å²) >= 11 is 0. The normalized spacial score (nSPS) is 11.5. The SMILES string of the molecule is FC(F)(F)c1nccc(COCc2ccccc2)n1. The van der Waals surface area contributed by atoms with Crippen LogP contribution in [0.15, 0.2) is 42.6 Å². The molecule has 19 heavy (non-hydrogen) atoms. The third-order valence-corrected chi connectivity index (χ3v) is 2.33. The number of alkyl halides is 3. The van der Waals surface area contributed by atoms with E-state index in [4.69, 9.17) is 4.74 Å². The van der Waals surface area contributed by atoms with Crippen molar-refractivity contribution < 1.29 is 17.9 Å². The molecule has 1 aromatic heterocycles. The summed E-state index contributed by atoms with van der Waals surface area (Å²) in [6, 6.07) is 10.8. The summed E-state index contributed by atoms with van der Waals surface area (Å²) in [5.74, 6) is -1.15. The van der Waals surface area contributed by atoms with Crippen LogP contribution in [0.1, 0.15) is 17.1 Å². The van der Waals surface area contributed by atoms with Crippen molar-refractivity contribution in [1.82, 2.24) is 9.97 Å². The first-order valence-electron chi connectivity index (χ1n) is 5.56. The quantitative estimate of drug-likeness (QED) is 0.854. The van der Waals surface area contributed by atoms with E-state index in [0.29, 0.717) is 6.61 Å². The Morgan fingerprint density at radius 2 is 1.74 bits per heavy atom. The van der Waals surface area contributed by atoms with E-state index in [2.05, 4.69) is 9.97 Å². The van der Waals surface area contributed by atoms with Gasteiger partial charge in [0, 0.05) is 6.20 Å². The minimum absolute atomic E-state index is 0.0144. The predicted molar refractivity (Wildman–Crippen MR) is 62.0 cm³/mol. The van der Waals surface area contributed by atoms with Crippen molar-refractivity contribution in [2.24, 2.45) is 0 Å². The Morgan fingerprint density at radius 1 is 1.00 bits per heavy atom. The number of halogens is 3. The highest BCUT2D eigenvalue weighted by Crippen LogP contribution is 2.25. The molecule has 0 aliphatic rings. The average molecular weight is 268 g/mol. The standard InChI is InChI=1S/C13H11F3N2O/c14-13(15,16)12-17-7-6-11(18-12)9-19-8-10-4-2-1-3-5-10/h1-7H,8-9H2. The summed E-state index contributed by atoms with van der Waals surface area (Å²) in [5.41, 5.74) is 1.16. The first-order valence-corrected chi connectivity index (χ1v) is 5.56. The van der Waals surface area contributed by atoms with E-state index in [1.807, 2.05) is 30.3 Å². The molecule has 0 bridgehead atoms. The lowest BCUT2D eigenvalue weighted by Crippen LogP contribution is -2.12. The molecule has 0 spiro atoms. The lowest BCUT2D eigenvalue weighted by atomic mass is 10.2. The summed E-state index contributed by atoms with van der Waals surface area (Å²) in [6.07, 6.45) is -3.45. The Labute approximate surface area is 108 Å². The molecule has 1 aromatic carbocycles. The minimum atomic E-state index is -4.53. The van der Waals surface area contributed by atoms with Crippen LogP contribution >= 0.6 is 0 Å². The summed E-state index contributed by atoms with van der Waals surface area (Å²) in [4.78, 5) is 6.60. The first kappa shape index (κ1) is 13.5. The molecule has 100 valence electrons. The van der Waals surface area contributed by atoms with Crippen molar-refractivity contribution in [3.63, 3.8) is 0 Å². The van der Waals surface area contributed by atoms with E-state index in [-0.39, 0.29) is 12.3 Å². The molecule has 0 radical (unpaired) electrons. The van der Waals surface area contributed by atoms with E-state index < -0.39 is 12.0 Å². The minimum Gasteiger partial charge on any atom is -0.370 e. The number of aromatic nitrogens is 2. The highest BCUT2D eigenvalue weighted by Gasteiger charge is 2.34. The molecule has 0 unspecified atom stereocenters. The third kappa shape index (κ3) is 4.03. The Hall–Kier alpha value is -1.95. The van der Waals surface area contributed by atoms with E-state index in [9.17, 15) is 13.2 Å². The van der Waals surface area contributed by atoms with Gasteiger partial charge in [-0.2, -0.15) is 13.2 Å². The summed E-state index contributed by atoms with van der Waals surface area (Å²) in [5, 5.41) is 0. The van der Waals surface area contributed by atoms with Gasteiger partial charge in [-0.25, -0.2) is 9.97 Å². The molecular formula is C13H11F3N2O. The van der Waals surface area contributed by atoms with Gasteiger partial charge in [-0.3, -0.25) is 0 Å². The van der Waals surface area contributed by atoms with Crippen molar-refractivity contribution >= 4 is 0 Å². The molecule has 0 saturated carbocycles. The molecular weight excluding hydrogens is 257 g/mol. The molecule has 0 aliphatic heterocycles. The zero-order valence-electron chi connectivity index (χ0n) is 9.89. The Bertz CT molecular complexity index is 529. The molecule has 2 rings (SSSR count). The average Bonchev–Trinajstić information content (AvgIpc) is 2.39. The van der Waals surface area contributed by atoms with Crippen LogP contribution in [-0.4, -0.2) is 9.97 Å². The smallest absolute Gasteiger partial charge is 0.370 e. The number of hydrogen-bond acceptors (Lipinski definition) is 3. The highest BCUT2D eigenvalue weighted by molar-refractivity contribution is 5.13. The fourth-order valence-corrected chi connectivity index (χ4v) is 1.46. The molecule has 0 N–H and O–H groups in total. The van der Waals surface area contributed by atoms with Crippen LogP contribution in [0, 0.1) is 0 Å². The third-order valence-electron chi connectivity index (χ3n) is 2.33. The van der Waals surface area contributed by atoms with E-state index in [1.54, 1.807) is 0 Å². The van der Waals surface area contributed by atoms with Gasteiger partial charge >= 0.3 is 6.18 Å². The molecule has 0 fully saturated rings. The van der Waals surface area contributed by atoms with Gasteiger partial charge in [0.05, 0.1) is 18.9 Å². The lowest BCUT2D eigenvalue weighted by Gasteiger charge is -2.07. The Morgan fingerprint density at radius 3 is 2.42 bits per heavy atom. The largest absolute Gasteiger partial charge is 0.451 e. The van der Waals surface area contributed by atoms with Gasteiger partial charge in [0.2, 0.25) is 5.82 Å². The number of hydrogen-bond donors (Lipinski definition) is 0. The van der Waals surface area contributed by atoms with Gasteiger partial charge in [-0.05, 0) is 11.6 Å². The monoisotopic (exact) mass is 268 g/mol. The van der Waals surface area contributed by atoms with Gasteiger partial charge in [-0.15, -0.1) is 0 Å². The van der Waals surface area contributed by atoms with Gasteiger partial charge in [0.25, 0.3) is 0 Å². The molecule has 0 saturated heterocycles. The van der Waals surface area contributed by atoms with Gasteiger partial charge < -0.3 is 4.74 Å². The predicted octanol–water partition coefficient (Wildman–Crippen LogP) is 3.21. The number of benzene rings is 1. The molecule has 1 heterocycles. The van der Waals surface area contributed by atoms with Crippen LogP contribution in [0.5, 0.6) is 0 Å². The van der Waals surface area contributed by atoms with Crippen molar-refractivity contribution in [1.29, 1.82) is 0 Å². The topological polar surface area (TPSA) is 35.0 Å². The zero-order valence-corrected chi connectivity index (χ0v) is 9.89. The summed E-state index contributed by atoms with van der Waals surface area (Å²) in [7, 11) is 0. The number of rotatable bonds is 4. The highest BCUT2D eigenvalue weighted by atomic mass is 19.4. The van der Waals surface area contributed by atoms with Crippen LogP contribution in [0.3, 0.4) is 0 Å². The molecule has 0 atom stereocenters. The summed E-state index contributed by atoms with van der Waals surface area (Å²) in [6.45, 7) is 0.340. The van der Waals surface area contributed by atoms with Crippen LogP contribution in [0.2, 0.25) is 0 Å². The second kappa shape index (κ2) is 5.79. The molecule has 0 amide bonds. The maximum Gasteiger partial charge on any atom is 0.451 e. The van der Waals surface area contributed by atoms with Crippen LogP contribution in [0.4, 0.5) is 13.2 Å². The molecule has 3 nitrogen and oxygen atoms in total. The van der Waals surface area contributed by atoms with E-state index >= 15 is 0 Å². The Kier molecular flexibility index (Phi) is 4.11. The maximum absolute atomic E-state index is 12.4. The maximum atomic E-state index is 12.4. The fourth-order valence-electron chi connectivity index (χ4n) is 1.46. The fraction of sp³-hybridized carbons (Fsp3) is 0.231. The second-order valence-electron chi connectivity index (χ2n) is 3.85. The van der Waals surface area contributed by atoms with Crippen molar-refractivity contribution in [2.45, 2.75) is 19.4 Å². The van der Waals surface area contributed by atoms with Crippen LogP contribution in [0.25, 0.3) is 0 Å². The van der Waals surface area contributed by atoms with Crippen molar-refractivity contribution in [2.75, 3.05) is 0 Å². The first-order chi connectivity index (χ1) is 9.05. The van der Waals surface area contributed by atoms with Crippen molar-refractivity contribution in [3.8, 4) is 0 Å². The molecule has 2 aromatic rings. The van der Waals surface area contributed by atoms with Crippen LogP contribution < -0.4 is 0 Å². The number of nitrogens with zero attached hydrogens (tertiary/aromatic N) is 2. The zero-order chi connectivity index (χ0) is 13.7. The Balaban J connectivity index is 1.93. The van der Waals surface area contributed by atoms with Crippen molar-refractivity contribution in [3.05, 3.63) is 59.7 Å². The van der Waals surface area contributed by atoms with E-state index in [1.165, 1.54) is 6.07 Å². The lowest BCUT2D eigenvalue weighted by molar-refractivity contribution is -0.145. The second-order valence-corrected chi connectivity index (χ2v) is 3.85. The summed E-state index contributed by atoms with van der Waals surface area (Å²) < 4.78 is 42.5. The molecule has 0 aliphatic carbocycles. The van der Waals surface area contributed by atoms with Gasteiger partial charge in [0.1, 0.15) is 0 Å². The molecule has 6 heteroatoms. The van der Waals surface area contributed by atoms with Gasteiger partial charge in [-0.1, -0.05) is 30.3 Å². The number of ether oxygens (including phenoxy) is 1.